The standard InChI is InChI=1S/C12H13ClN2O2/c1-3-5-8(4-2)14-11-9(12(16)17)6-7-10(13)15-11/h1,6-8H,4-5H2,2H3,(H,14,15)(H,16,17). The number of pyridine rings is 1. The molecule has 0 aliphatic carbocycles. The minimum atomic E-state index is -1.05. The fourth-order valence-corrected chi connectivity index (χ4v) is 1.50. The summed E-state index contributed by atoms with van der Waals surface area (Å²) in [6.45, 7) is 1.96. The maximum absolute atomic E-state index is 11.0. The summed E-state index contributed by atoms with van der Waals surface area (Å²) in [7, 11) is 0. The van der Waals surface area contributed by atoms with Gasteiger partial charge in [-0.2, -0.15) is 0 Å². The Bertz CT molecular complexity index is 454. The summed E-state index contributed by atoms with van der Waals surface area (Å²) in [5, 5.41) is 12.3. The number of nitrogens with zero attached hydrogens (tertiary/aromatic N) is 1. The van der Waals surface area contributed by atoms with Gasteiger partial charge in [0.25, 0.3) is 0 Å². The number of terminal acetylenes is 1. The van der Waals surface area contributed by atoms with Gasteiger partial charge in [-0.15, -0.1) is 12.3 Å². The largest absolute Gasteiger partial charge is 0.478 e. The normalized spacial score (nSPS) is 11.6. The molecule has 1 heterocycles. The van der Waals surface area contributed by atoms with Crippen LogP contribution in [0.3, 0.4) is 0 Å². The average Bonchev–Trinajstić information content (AvgIpc) is 2.28. The highest BCUT2D eigenvalue weighted by atomic mass is 35.5. The quantitative estimate of drug-likeness (QED) is 0.625. The second-order valence-corrected chi connectivity index (χ2v) is 3.88. The summed E-state index contributed by atoms with van der Waals surface area (Å²) in [4.78, 5) is 15.0. The van der Waals surface area contributed by atoms with Crippen molar-refractivity contribution in [1.82, 2.24) is 4.98 Å². The molecule has 0 spiro atoms. The Hall–Kier alpha value is -1.73. The number of carboxylic acids is 1. The molecule has 0 radical (unpaired) electrons. The molecule has 0 aliphatic rings. The highest BCUT2D eigenvalue weighted by Gasteiger charge is 2.14. The van der Waals surface area contributed by atoms with Crippen LogP contribution in [0.4, 0.5) is 5.82 Å². The van der Waals surface area contributed by atoms with Crippen molar-refractivity contribution < 1.29 is 9.90 Å². The van der Waals surface area contributed by atoms with Gasteiger partial charge in [-0.25, -0.2) is 9.78 Å². The molecule has 0 fully saturated rings. The number of carbonyl (C=O) groups is 1. The zero-order valence-corrected chi connectivity index (χ0v) is 10.2. The first-order chi connectivity index (χ1) is 8.08. The first kappa shape index (κ1) is 13.3. The zero-order valence-electron chi connectivity index (χ0n) is 9.40. The van der Waals surface area contributed by atoms with E-state index in [0.29, 0.717) is 6.42 Å². The summed E-state index contributed by atoms with van der Waals surface area (Å²) in [5.74, 6) is 1.74. The predicted molar refractivity (Wildman–Crippen MR) is 67.4 cm³/mol. The van der Waals surface area contributed by atoms with Crippen molar-refractivity contribution in [1.29, 1.82) is 0 Å². The zero-order chi connectivity index (χ0) is 12.8. The number of hydrogen-bond donors (Lipinski definition) is 2. The van der Waals surface area contributed by atoms with Crippen LogP contribution in [0.25, 0.3) is 0 Å². The van der Waals surface area contributed by atoms with Crippen molar-refractivity contribution in [2.75, 3.05) is 5.32 Å². The fourth-order valence-electron chi connectivity index (χ4n) is 1.35. The molecular formula is C12H13ClN2O2. The van der Waals surface area contributed by atoms with Crippen LogP contribution in [0.2, 0.25) is 5.15 Å². The lowest BCUT2D eigenvalue weighted by Gasteiger charge is -2.16. The predicted octanol–water partition coefficient (Wildman–Crippen LogP) is 2.65. The summed E-state index contributed by atoms with van der Waals surface area (Å²) >= 11 is 5.74. The fraction of sp³-hybridized carbons (Fsp3) is 0.333. The van der Waals surface area contributed by atoms with E-state index < -0.39 is 5.97 Å². The molecular weight excluding hydrogens is 240 g/mol. The van der Waals surface area contributed by atoms with Crippen molar-refractivity contribution >= 4 is 23.4 Å². The van der Waals surface area contributed by atoms with Crippen molar-refractivity contribution in [2.24, 2.45) is 0 Å². The second kappa shape index (κ2) is 6.12. The molecule has 1 rings (SSSR count). The van der Waals surface area contributed by atoms with Crippen LogP contribution in [-0.4, -0.2) is 22.1 Å². The Morgan fingerprint density at radius 2 is 2.41 bits per heavy atom. The van der Waals surface area contributed by atoms with Crippen molar-refractivity contribution in [3.63, 3.8) is 0 Å². The summed E-state index contributed by atoms with van der Waals surface area (Å²) in [5.41, 5.74) is 0.0878. The van der Waals surface area contributed by atoms with E-state index in [1.54, 1.807) is 0 Å². The van der Waals surface area contributed by atoms with E-state index in [-0.39, 0.29) is 22.6 Å². The van der Waals surface area contributed by atoms with E-state index >= 15 is 0 Å². The number of rotatable bonds is 5. The molecule has 0 aliphatic heterocycles. The van der Waals surface area contributed by atoms with Gasteiger partial charge >= 0.3 is 5.97 Å². The number of hydrogen-bond acceptors (Lipinski definition) is 3. The molecule has 0 aromatic carbocycles. The Kier molecular flexibility index (Phi) is 4.80. The molecule has 1 aromatic rings. The van der Waals surface area contributed by atoms with Gasteiger partial charge in [0.15, 0.2) is 0 Å². The van der Waals surface area contributed by atoms with Gasteiger partial charge < -0.3 is 10.4 Å². The maximum Gasteiger partial charge on any atom is 0.339 e. The van der Waals surface area contributed by atoms with E-state index in [1.807, 2.05) is 6.92 Å². The average molecular weight is 253 g/mol. The first-order valence-electron chi connectivity index (χ1n) is 5.18. The van der Waals surface area contributed by atoms with Crippen LogP contribution < -0.4 is 5.32 Å². The molecule has 0 saturated heterocycles. The molecule has 1 atom stereocenters. The molecule has 5 heteroatoms. The number of anilines is 1. The third-order valence-corrected chi connectivity index (χ3v) is 2.50. The van der Waals surface area contributed by atoms with Gasteiger partial charge in [-0.05, 0) is 18.6 Å². The van der Waals surface area contributed by atoms with Gasteiger partial charge in [0, 0.05) is 12.5 Å². The van der Waals surface area contributed by atoms with Crippen molar-refractivity contribution in [3.05, 3.63) is 22.8 Å². The topological polar surface area (TPSA) is 62.2 Å². The maximum atomic E-state index is 11.0. The van der Waals surface area contributed by atoms with Gasteiger partial charge in [-0.3, -0.25) is 0 Å². The monoisotopic (exact) mass is 252 g/mol. The van der Waals surface area contributed by atoms with E-state index in [2.05, 4.69) is 16.2 Å². The van der Waals surface area contributed by atoms with E-state index in [0.717, 1.165) is 6.42 Å². The van der Waals surface area contributed by atoms with E-state index in [4.69, 9.17) is 23.1 Å². The molecule has 2 N–H and O–H groups in total. The van der Waals surface area contributed by atoms with Crippen LogP contribution in [0.15, 0.2) is 12.1 Å². The van der Waals surface area contributed by atoms with Gasteiger partial charge in [0.2, 0.25) is 0 Å². The highest BCUT2D eigenvalue weighted by Crippen LogP contribution is 2.18. The van der Waals surface area contributed by atoms with Gasteiger partial charge in [-0.1, -0.05) is 18.5 Å². The Morgan fingerprint density at radius 3 is 2.94 bits per heavy atom. The number of aromatic nitrogens is 1. The minimum absolute atomic E-state index is 0.0101. The SMILES string of the molecule is C#CCC(CC)Nc1nc(Cl)ccc1C(=O)O. The van der Waals surface area contributed by atoms with Crippen LogP contribution in [0, 0.1) is 12.3 Å². The van der Waals surface area contributed by atoms with Crippen molar-refractivity contribution in [2.45, 2.75) is 25.8 Å². The second-order valence-electron chi connectivity index (χ2n) is 3.49. The molecule has 90 valence electrons. The van der Waals surface area contributed by atoms with Crippen molar-refractivity contribution in [3.8, 4) is 12.3 Å². The number of carboxylic acid groups (broad SMARTS) is 1. The summed E-state index contributed by atoms with van der Waals surface area (Å²) in [6.07, 6.45) is 6.51. The Labute approximate surface area is 105 Å². The molecule has 0 saturated carbocycles. The summed E-state index contributed by atoms with van der Waals surface area (Å²) in [6, 6.07) is 2.85. The lowest BCUT2D eigenvalue weighted by molar-refractivity contribution is 0.0697. The first-order valence-corrected chi connectivity index (χ1v) is 5.56. The van der Waals surface area contributed by atoms with Crippen LogP contribution >= 0.6 is 11.6 Å². The lowest BCUT2D eigenvalue weighted by Crippen LogP contribution is -2.20. The van der Waals surface area contributed by atoms with Crippen LogP contribution in [0.5, 0.6) is 0 Å². The molecule has 17 heavy (non-hydrogen) atoms. The highest BCUT2D eigenvalue weighted by molar-refractivity contribution is 6.29. The van der Waals surface area contributed by atoms with E-state index in [1.165, 1.54) is 12.1 Å². The summed E-state index contributed by atoms with van der Waals surface area (Å²) < 4.78 is 0. The molecule has 4 nitrogen and oxygen atoms in total. The molecule has 0 bridgehead atoms. The third-order valence-electron chi connectivity index (χ3n) is 2.29. The van der Waals surface area contributed by atoms with E-state index in [9.17, 15) is 4.79 Å². The number of aromatic carboxylic acids is 1. The third kappa shape index (κ3) is 3.65. The molecule has 1 aromatic heterocycles. The molecule has 1 unspecified atom stereocenters. The molecule has 0 amide bonds. The lowest BCUT2D eigenvalue weighted by atomic mass is 10.1. The Balaban J connectivity index is 2.99. The Morgan fingerprint density at radius 1 is 1.71 bits per heavy atom. The minimum Gasteiger partial charge on any atom is -0.478 e. The smallest absolute Gasteiger partial charge is 0.339 e. The van der Waals surface area contributed by atoms with Gasteiger partial charge in [0.05, 0.1) is 0 Å². The number of nitrogens with one attached hydrogen (secondary N) is 1. The van der Waals surface area contributed by atoms with Crippen LogP contribution in [0.1, 0.15) is 30.1 Å². The number of halogens is 1. The van der Waals surface area contributed by atoms with Crippen LogP contribution in [-0.2, 0) is 0 Å². The van der Waals surface area contributed by atoms with Gasteiger partial charge in [0.1, 0.15) is 16.5 Å².